The predicted octanol–water partition coefficient (Wildman–Crippen LogP) is 2.20. The second-order valence-electron chi connectivity index (χ2n) is 7.79. The minimum absolute atomic E-state index is 0.157. The maximum atomic E-state index is 13.0. The SMILES string of the molecule is COC(=O)[C@H]1CC=CCn2cc(c3ccccc32)CC(=O)N[C@@H](CCCCNCl)C(=O)N1. The fourth-order valence-corrected chi connectivity index (χ4v) is 4.02. The van der Waals surface area contributed by atoms with E-state index in [0.29, 0.717) is 32.4 Å². The molecule has 2 aromatic rings. The molecule has 3 rings (SSSR count). The molecule has 2 bridgehead atoms. The van der Waals surface area contributed by atoms with E-state index in [1.165, 1.54) is 7.11 Å². The summed E-state index contributed by atoms with van der Waals surface area (Å²) in [6.07, 6.45) is 8.09. The molecule has 172 valence electrons. The molecule has 32 heavy (non-hydrogen) atoms. The highest BCUT2D eigenvalue weighted by Gasteiger charge is 2.27. The number of aromatic nitrogens is 1. The summed E-state index contributed by atoms with van der Waals surface area (Å²) in [5.74, 6) is -1.17. The van der Waals surface area contributed by atoms with Crippen LogP contribution in [0.2, 0.25) is 0 Å². The van der Waals surface area contributed by atoms with Crippen molar-refractivity contribution >= 4 is 40.5 Å². The number of benzene rings is 1. The molecular formula is C23H29ClN4O4. The lowest BCUT2D eigenvalue weighted by Gasteiger charge is -2.22. The Bertz CT molecular complexity index is 988. The summed E-state index contributed by atoms with van der Waals surface area (Å²) in [5.41, 5.74) is 1.93. The molecule has 9 heteroatoms. The molecule has 0 spiro atoms. The number of rotatable bonds is 6. The molecule has 0 saturated carbocycles. The van der Waals surface area contributed by atoms with E-state index in [2.05, 4.69) is 20.0 Å². The number of esters is 1. The van der Waals surface area contributed by atoms with Crippen molar-refractivity contribution in [2.75, 3.05) is 13.7 Å². The fraction of sp³-hybridized carbons (Fsp3) is 0.435. The molecule has 0 aliphatic carbocycles. The van der Waals surface area contributed by atoms with Crippen molar-refractivity contribution in [2.45, 2.75) is 50.7 Å². The number of allylic oxidation sites excluding steroid dienone is 1. The number of halogens is 1. The zero-order valence-corrected chi connectivity index (χ0v) is 18.9. The molecule has 1 aliphatic rings. The number of methoxy groups -OCH3 is 1. The van der Waals surface area contributed by atoms with E-state index in [0.717, 1.165) is 22.9 Å². The van der Waals surface area contributed by atoms with E-state index in [9.17, 15) is 14.4 Å². The first-order chi connectivity index (χ1) is 15.5. The van der Waals surface area contributed by atoms with Gasteiger partial charge in [0.05, 0.1) is 13.5 Å². The van der Waals surface area contributed by atoms with E-state index in [1.807, 2.05) is 42.6 Å². The molecule has 1 aromatic heterocycles. The van der Waals surface area contributed by atoms with Crippen molar-refractivity contribution < 1.29 is 19.1 Å². The Labute approximate surface area is 192 Å². The number of carbonyl (C=O) groups is 3. The summed E-state index contributed by atoms with van der Waals surface area (Å²) in [7, 11) is 1.29. The van der Waals surface area contributed by atoms with Crippen LogP contribution in [0.15, 0.2) is 42.6 Å². The van der Waals surface area contributed by atoms with Crippen molar-refractivity contribution in [2.24, 2.45) is 0 Å². The zero-order valence-electron chi connectivity index (χ0n) is 18.1. The Balaban J connectivity index is 1.89. The average molecular weight is 461 g/mol. The van der Waals surface area contributed by atoms with Crippen molar-refractivity contribution in [3.8, 4) is 0 Å². The van der Waals surface area contributed by atoms with Gasteiger partial charge in [0, 0.05) is 30.2 Å². The summed E-state index contributed by atoms with van der Waals surface area (Å²) in [6, 6.07) is 6.33. The van der Waals surface area contributed by atoms with Gasteiger partial charge >= 0.3 is 5.97 Å². The highest BCUT2D eigenvalue weighted by atomic mass is 35.5. The molecule has 2 amide bonds. The Kier molecular flexibility index (Phi) is 8.70. The molecule has 1 aliphatic heterocycles. The van der Waals surface area contributed by atoms with Gasteiger partial charge in [0.1, 0.15) is 12.1 Å². The number of ether oxygens (including phenoxy) is 1. The maximum absolute atomic E-state index is 13.0. The van der Waals surface area contributed by atoms with Gasteiger partial charge in [0.25, 0.3) is 0 Å². The van der Waals surface area contributed by atoms with Gasteiger partial charge in [-0.15, -0.1) is 0 Å². The quantitative estimate of drug-likeness (QED) is 0.265. The molecule has 1 aromatic carbocycles. The predicted molar refractivity (Wildman–Crippen MR) is 123 cm³/mol. The van der Waals surface area contributed by atoms with Crippen LogP contribution in [0.5, 0.6) is 0 Å². The second kappa shape index (κ2) is 11.7. The van der Waals surface area contributed by atoms with Gasteiger partial charge in [-0.3, -0.25) is 9.59 Å². The molecule has 0 fully saturated rings. The summed E-state index contributed by atoms with van der Waals surface area (Å²) < 4.78 is 6.93. The largest absolute Gasteiger partial charge is 0.467 e. The maximum Gasteiger partial charge on any atom is 0.328 e. The molecule has 2 heterocycles. The number of amides is 2. The number of nitrogens with one attached hydrogen (secondary N) is 3. The Morgan fingerprint density at radius 3 is 2.81 bits per heavy atom. The van der Waals surface area contributed by atoms with Crippen molar-refractivity contribution in [3.05, 3.63) is 48.2 Å². The molecule has 2 atom stereocenters. The van der Waals surface area contributed by atoms with Crippen LogP contribution in [-0.2, 0) is 32.1 Å². The molecule has 0 saturated heterocycles. The van der Waals surface area contributed by atoms with Crippen molar-refractivity contribution in [3.63, 3.8) is 0 Å². The van der Waals surface area contributed by atoms with Gasteiger partial charge in [-0.05, 0) is 49.1 Å². The summed E-state index contributed by atoms with van der Waals surface area (Å²) in [5, 5.41) is 6.60. The lowest BCUT2D eigenvalue weighted by molar-refractivity contribution is -0.145. The van der Waals surface area contributed by atoms with Crippen LogP contribution in [0, 0.1) is 0 Å². The molecule has 8 nitrogen and oxygen atoms in total. The minimum atomic E-state index is -0.826. The van der Waals surface area contributed by atoms with E-state index >= 15 is 0 Å². The Morgan fingerprint density at radius 2 is 2.03 bits per heavy atom. The number of nitrogens with zero attached hydrogens (tertiary/aromatic N) is 1. The standard InChI is InChI=1S/C23H29ClN4O4/c1-32-23(31)19-10-5-7-13-28-15-16(17-8-2-3-11-20(17)28)14-21(29)26-18(22(30)27-19)9-4-6-12-25-24/h2-3,5,7-8,11,15,18-19,25H,4,6,9-10,12-14H2,1H3,(H,26,29)(H,27,30)/t18-,19+/m0/s1. The van der Waals surface area contributed by atoms with E-state index in [4.69, 9.17) is 16.5 Å². The zero-order chi connectivity index (χ0) is 22.9. The van der Waals surface area contributed by atoms with E-state index in [1.54, 1.807) is 0 Å². The van der Waals surface area contributed by atoms with Crippen LogP contribution in [0.1, 0.15) is 31.2 Å². The van der Waals surface area contributed by atoms with Crippen LogP contribution in [0.25, 0.3) is 10.9 Å². The van der Waals surface area contributed by atoms with Gasteiger partial charge in [-0.25, -0.2) is 9.63 Å². The topological polar surface area (TPSA) is 101 Å². The first kappa shape index (κ1) is 23.8. The monoisotopic (exact) mass is 460 g/mol. The first-order valence-corrected chi connectivity index (χ1v) is 11.1. The molecule has 3 N–H and O–H groups in total. The third-order valence-electron chi connectivity index (χ3n) is 5.53. The second-order valence-corrected chi connectivity index (χ2v) is 8.06. The molecule has 0 radical (unpaired) electrons. The van der Waals surface area contributed by atoms with E-state index in [-0.39, 0.29) is 12.3 Å². The average Bonchev–Trinajstić information content (AvgIpc) is 3.14. The van der Waals surface area contributed by atoms with Crippen LogP contribution in [-0.4, -0.2) is 48.1 Å². The summed E-state index contributed by atoms with van der Waals surface area (Å²) in [4.78, 5) is 40.6. The number of unbranched alkanes of at least 4 members (excludes halogenated alkanes) is 1. The van der Waals surface area contributed by atoms with Crippen LogP contribution in [0.3, 0.4) is 0 Å². The van der Waals surface area contributed by atoms with Crippen LogP contribution in [0.4, 0.5) is 0 Å². The highest BCUT2D eigenvalue weighted by Crippen LogP contribution is 2.22. The number of fused-ring (bicyclic) bond motifs is 5. The van der Waals surface area contributed by atoms with Gasteiger partial charge < -0.3 is 19.9 Å². The Hall–Kier alpha value is -2.84. The number of para-hydroxylation sites is 1. The smallest absolute Gasteiger partial charge is 0.328 e. The molecular weight excluding hydrogens is 432 g/mol. The van der Waals surface area contributed by atoms with Gasteiger partial charge in [-0.1, -0.05) is 30.4 Å². The number of hydrogen-bond donors (Lipinski definition) is 3. The lowest BCUT2D eigenvalue weighted by atomic mass is 10.1. The molecule has 0 unspecified atom stereocenters. The first-order valence-electron chi connectivity index (χ1n) is 10.8. The third-order valence-corrected chi connectivity index (χ3v) is 5.72. The fourth-order valence-electron chi connectivity index (χ4n) is 3.89. The summed E-state index contributed by atoms with van der Waals surface area (Å²) in [6.45, 7) is 1.18. The third kappa shape index (κ3) is 6.11. The number of hydrogen-bond acceptors (Lipinski definition) is 5. The lowest BCUT2D eigenvalue weighted by Crippen LogP contribution is -2.52. The van der Waals surface area contributed by atoms with Gasteiger partial charge in [-0.2, -0.15) is 0 Å². The van der Waals surface area contributed by atoms with E-state index < -0.39 is 24.0 Å². The van der Waals surface area contributed by atoms with Crippen molar-refractivity contribution in [1.29, 1.82) is 0 Å². The highest BCUT2D eigenvalue weighted by molar-refractivity contribution is 6.13. The van der Waals surface area contributed by atoms with Gasteiger partial charge in [0.2, 0.25) is 11.8 Å². The van der Waals surface area contributed by atoms with Crippen LogP contribution >= 0.6 is 11.8 Å². The normalized spacial score (nSPS) is 19.8. The van der Waals surface area contributed by atoms with Gasteiger partial charge in [0.15, 0.2) is 0 Å². The Morgan fingerprint density at radius 1 is 1.22 bits per heavy atom. The summed E-state index contributed by atoms with van der Waals surface area (Å²) >= 11 is 5.50. The minimum Gasteiger partial charge on any atom is -0.467 e. The number of carbonyl (C=O) groups excluding carboxylic acids is 3. The van der Waals surface area contributed by atoms with Crippen LogP contribution < -0.4 is 15.5 Å². The van der Waals surface area contributed by atoms with Crippen molar-refractivity contribution in [1.82, 2.24) is 20.0 Å².